The number of rotatable bonds is 7. The van der Waals surface area contributed by atoms with Crippen LogP contribution in [0.2, 0.25) is 4.34 Å². The van der Waals surface area contributed by atoms with Gasteiger partial charge >= 0.3 is 0 Å². The van der Waals surface area contributed by atoms with Crippen molar-refractivity contribution in [2.75, 3.05) is 6.54 Å². The first kappa shape index (κ1) is 19.9. The smallest absolute Gasteiger partial charge is 0.250 e. The van der Waals surface area contributed by atoms with Crippen LogP contribution in [0.3, 0.4) is 0 Å². The zero-order valence-electron chi connectivity index (χ0n) is 14.0. The average molecular weight is 443 g/mol. The third-order valence-electron chi connectivity index (χ3n) is 3.46. The number of amides is 1. The lowest BCUT2D eigenvalue weighted by molar-refractivity contribution is -0.120. The molecule has 11 heteroatoms. The van der Waals surface area contributed by atoms with E-state index >= 15 is 0 Å². The lowest BCUT2D eigenvalue weighted by Crippen LogP contribution is -2.37. The molecule has 1 atom stereocenters. The maximum atomic E-state index is 12.1. The maximum absolute atomic E-state index is 12.1. The van der Waals surface area contributed by atoms with Crippen molar-refractivity contribution in [3.63, 3.8) is 0 Å². The van der Waals surface area contributed by atoms with Crippen LogP contribution in [0.1, 0.15) is 18.0 Å². The Labute approximate surface area is 169 Å². The van der Waals surface area contributed by atoms with Gasteiger partial charge in [0.15, 0.2) is 0 Å². The number of aromatic nitrogens is 2. The number of thiazole rings is 1. The number of hydrogen-bond donors (Lipinski definition) is 2. The van der Waals surface area contributed by atoms with Crippen molar-refractivity contribution in [3.05, 3.63) is 51.4 Å². The highest BCUT2D eigenvalue weighted by Gasteiger charge is 2.19. The molecule has 0 radical (unpaired) electrons. The Balaban J connectivity index is 1.57. The van der Waals surface area contributed by atoms with Crippen molar-refractivity contribution < 1.29 is 13.2 Å². The van der Waals surface area contributed by atoms with Gasteiger partial charge in [0.05, 0.1) is 22.6 Å². The van der Waals surface area contributed by atoms with E-state index in [-0.39, 0.29) is 16.8 Å². The Kier molecular flexibility index (Phi) is 6.22. The van der Waals surface area contributed by atoms with E-state index in [1.54, 1.807) is 19.3 Å². The van der Waals surface area contributed by atoms with Crippen LogP contribution in [0, 0.1) is 0 Å². The van der Waals surface area contributed by atoms with E-state index in [0.29, 0.717) is 4.34 Å². The molecule has 7 nitrogen and oxygen atoms in total. The Morgan fingerprint density at radius 3 is 2.81 bits per heavy atom. The summed E-state index contributed by atoms with van der Waals surface area (Å²) in [6.45, 7) is 1.42. The number of carbonyl (C=O) groups excluding carboxylic acids is 1. The molecule has 3 rings (SSSR count). The molecule has 0 bridgehead atoms. The van der Waals surface area contributed by atoms with Gasteiger partial charge in [0.1, 0.15) is 9.22 Å². The SMILES string of the molecule is CC(NC(=O)CNS(=O)(=O)c1ccc(Cl)s1)c1nc(-c2cccnc2)cs1. The quantitative estimate of drug-likeness (QED) is 0.585. The summed E-state index contributed by atoms with van der Waals surface area (Å²) in [7, 11) is -3.76. The van der Waals surface area contributed by atoms with Gasteiger partial charge in [0.2, 0.25) is 5.91 Å². The molecular weight excluding hydrogens is 428 g/mol. The molecule has 27 heavy (non-hydrogen) atoms. The lowest BCUT2D eigenvalue weighted by atomic mass is 10.2. The summed E-state index contributed by atoms with van der Waals surface area (Å²) in [5, 5.41) is 5.34. The van der Waals surface area contributed by atoms with Gasteiger partial charge in [-0.2, -0.15) is 0 Å². The van der Waals surface area contributed by atoms with Gasteiger partial charge in [-0.25, -0.2) is 18.1 Å². The summed E-state index contributed by atoms with van der Waals surface area (Å²) >= 11 is 8.09. The third kappa shape index (κ3) is 5.11. The minimum Gasteiger partial charge on any atom is -0.346 e. The zero-order valence-corrected chi connectivity index (χ0v) is 17.3. The lowest BCUT2D eigenvalue weighted by Gasteiger charge is -2.11. The van der Waals surface area contributed by atoms with Crippen LogP contribution >= 0.6 is 34.3 Å². The molecule has 1 amide bonds. The van der Waals surface area contributed by atoms with Gasteiger partial charge in [-0.1, -0.05) is 11.6 Å². The van der Waals surface area contributed by atoms with Crippen LogP contribution < -0.4 is 10.0 Å². The second-order valence-electron chi connectivity index (χ2n) is 5.48. The number of pyridine rings is 1. The zero-order chi connectivity index (χ0) is 19.4. The molecule has 0 aliphatic rings. The molecule has 0 aliphatic carbocycles. The Hall–Kier alpha value is -1.85. The van der Waals surface area contributed by atoms with Crippen molar-refractivity contribution in [3.8, 4) is 11.3 Å². The normalized spacial score (nSPS) is 12.7. The van der Waals surface area contributed by atoms with Crippen molar-refractivity contribution >= 4 is 50.2 Å². The summed E-state index contributed by atoms with van der Waals surface area (Å²) in [6.07, 6.45) is 3.40. The van der Waals surface area contributed by atoms with Gasteiger partial charge in [-0.05, 0) is 31.2 Å². The highest BCUT2D eigenvalue weighted by atomic mass is 35.5. The fraction of sp³-hybridized carbons (Fsp3) is 0.188. The minimum absolute atomic E-state index is 0.0642. The number of nitrogens with zero attached hydrogens (tertiary/aromatic N) is 2. The second-order valence-corrected chi connectivity index (χ2v) is 10.1. The van der Waals surface area contributed by atoms with Gasteiger partial charge < -0.3 is 5.32 Å². The number of sulfonamides is 1. The van der Waals surface area contributed by atoms with Gasteiger partial charge in [0.25, 0.3) is 10.0 Å². The fourth-order valence-corrected chi connectivity index (χ4v) is 5.51. The number of nitrogens with one attached hydrogen (secondary N) is 2. The molecule has 2 N–H and O–H groups in total. The van der Waals surface area contributed by atoms with Crippen molar-refractivity contribution in [1.29, 1.82) is 0 Å². The molecule has 0 saturated heterocycles. The monoisotopic (exact) mass is 442 g/mol. The average Bonchev–Trinajstić information content (AvgIpc) is 3.30. The molecule has 0 aliphatic heterocycles. The first-order valence-corrected chi connectivity index (χ1v) is 11.3. The summed E-state index contributed by atoms with van der Waals surface area (Å²) in [5.41, 5.74) is 1.67. The number of carbonyl (C=O) groups is 1. The predicted molar refractivity (Wildman–Crippen MR) is 106 cm³/mol. The third-order valence-corrected chi connectivity index (χ3v) is 7.61. The number of halogens is 1. The highest BCUT2D eigenvalue weighted by Crippen LogP contribution is 2.26. The van der Waals surface area contributed by atoms with Crippen LogP contribution in [-0.2, 0) is 14.8 Å². The van der Waals surface area contributed by atoms with E-state index in [0.717, 1.165) is 27.6 Å². The van der Waals surface area contributed by atoms with Crippen LogP contribution in [0.4, 0.5) is 0 Å². The second kappa shape index (κ2) is 8.44. The molecule has 0 aromatic carbocycles. The highest BCUT2D eigenvalue weighted by molar-refractivity contribution is 7.91. The van der Waals surface area contributed by atoms with E-state index in [2.05, 4.69) is 20.0 Å². The van der Waals surface area contributed by atoms with E-state index in [9.17, 15) is 13.2 Å². The van der Waals surface area contributed by atoms with E-state index in [1.807, 2.05) is 17.5 Å². The molecule has 3 aromatic rings. The Morgan fingerprint density at radius 2 is 2.15 bits per heavy atom. The molecule has 3 aromatic heterocycles. The standard InChI is InChI=1S/C16H15ClN4O3S3/c1-10(16-21-12(9-25-16)11-3-2-6-18-7-11)20-14(22)8-19-27(23,24)15-5-4-13(17)26-15/h2-7,9-10,19H,8H2,1H3,(H,20,22). The maximum Gasteiger partial charge on any atom is 0.250 e. The molecule has 3 heterocycles. The van der Waals surface area contributed by atoms with Gasteiger partial charge in [-0.15, -0.1) is 22.7 Å². The molecule has 142 valence electrons. The number of thiophene rings is 1. The number of hydrogen-bond acceptors (Lipinski definition) is 7. The van der Waals surface area contributed by atoms with Gasteiger partial charge in [0, 0.05) is 23.3 Å². The first-order valence-electron chi connectivity index (χ1n) is 7.75. The largest absolute Gasteiger partial charge is 0.346 e. The summed E-state index contributed by atoms with van der Waals surface area (Å²) in [5.74, 6) is -0.452. The molecule has 1 unspecified atom stereocenters. The van der Waals surface area contributed by atoms with E-state index < -0.39 is 15.9 Å². The van der Waals surface area contributed by atoms with Crippen LogP contribution in [-0.4, -0.2) is 30.8 Å². The van der Waals surface area contributed by atoms with Crippen LogP contribution in [0.25, 0.3) is 11.3 Å². The predicted octanol–water partition coefficient (Wildman–Crippen LogP) is 3.08. The summed E-state index contributed by atoms with van der Waals surface area (Å²) in [4.78, 5) is 20.7. The molecule has 0 saturated carbocycles. The van der Waals surface area contributed by atoms with Crippen molar-refractivity contribution in [2.24, 2.45) is 0 Å². The van der Waals surface area contributed by atoms with Crippen LogP contribution in [0.5, 0.6) is 0 Å². The topological polar surface area (TPSA) is 101 Å². The Morgan fingerprint density at radius 1 is 1.33 bits per heavy atom. The summed E-state index contributed by atoms with van der Waals surface area (Å²) in [6, 6.07) is 6.26. The van der Waals surface area contributed by atoms with Crippen molar-refractivity contribution in [1.82, 2.24) is 20.0 Å². The molecular formula is C16H15ClN4O3S3. The van der Waals surface area contributed by atoms with Crippen LogP contribution in [0.15, 0.2) is 46.2 Å². The van der Waals surface area contributed by atoms with E-state index in [4.69, 9.17) is 11.6 Å². The van der Waals surface area contributed by atoms with E-state index in [1.165, 1.54) is 23.5 Å². The molecule has 0 fully saturated rings. The summed E-state index contributed by atoms with van der Waals surface area (Å²) < 4.78 is 26.9. The Bertz CT molecular complexity index is 1030. The van der Waals surface area contributed by atoms with Gasteiger partial charge in [-0.3, -0.25) is 9.78 Å². The fourth-order valence-electron chi connectivity index (χ4n) is 2.16. The first-order chi connectivity index (χ1) is 12.8. The minimum atomic E-state index is -3.76. The molecule has 0 spiro atoms. The van der Waals surface area contributed by atoms with Crippen molar-refractivity contribution in [2.45, 2.75) is 17.2 Å².